The van der Waals surface area contributed by atoms with Gasteiger partial charge in [0.25, 0.3) is 5.56 Å². The summed E-state index contributed by atoms with van der Waals surface area (Å²) in [5.41, 5.74) is -0.305. The van der Waals surface area contributed by atoms with Gasteiger partial charge < -0.3 is 20.3 Å². The summed E-state index contributed by atoms with van der Waals surface area (Å²) >= 11 is 0. The summed E-state index contributed by atoms with van der Waals surface area (Å²) in [6.45, 7) is 5.64. The Balaban J connectivity index is 1.56. The second kappa shape index (κ2) is 8.99. The fourth-order valence-corrected chi connectivity index (χ4v) is 4.54. The van der Waals surface area contributed by atoms with Gasteiger partial charge in [-0.15, -0.1) is 13.2 Å². The molecule has 0 radical (unpaired) electrons. The van der Waals surface area contributed by atoms with Crippen molar-refractivity contribution in [2.24, 2.45) is 11.8 Å². The molecule has 2 amide bonds. The van der Waals surface area contributed by atoms with Crippen molar-refractivity contribution in [3.05, 3.63) is 40.2 Å². The fraction of sp³-hybridized carbons (Fsp3) is 0.455. The number of piperidine rings is 1. The highest BCUT2D eigenvalue weighted by molar-refractivity contribution is 6.04. The number of halogens is 3. The number of amides is 2. The molecule has 3 unspecified atom stereocenters. The number of hydrogen-bond donors (Lipinski definition) is 3. The first-order valence-corrected chi connectivity index (χ1v) is 10.8. The highest BCUT2D eigenvalue weighted by Gasteiger charge is 2.36. The Labute approximate surface area is 192 Å². The minimum Gasteiger partial charge on any atom is -0.406 e. The van der Waals surface area contributed by atoms with Gasteiger partial charge in [0.2, 0.25) is 17.8 Å². The van der Waals surface area contributed by atoms with Gasteiger partial charge in [-0.25, -0.2) is 0 Å². The summed E-state index contributed by atoms with van der Waals surface area (Å²) in [7, 11) is 0. The second-order valence-corrected chi connectivity index (χ2v) is 8.87. The van der Waals surface area contributed by atoms with Crippen LogP contribution in [-0.2, 0) is 9.59 Å². The third-order valence-corrected chi connectivity index (χ3v) is 5.78. The molecule has 0 aliphatic carbocycles. The first-order chi connectivity index (χ1) is 16.0. The Morgan fingerprint density at radius 3 is 2.41 bits per heavy atom. The van der Waals surface area contributed by atoms with E-state index in [9.17, 15) is 27.6 Å². The summed E-state index contributed by atoms with van der Waals surface area (Å²) in [5.74, 6) is -1.48. The van der Waals surface area contributed by atoms with Crippen molar-refractivity contribution >= 4 is 29.3 Å². The van der Waals surface area contributed by atoms with E-state index in [2.05, 4.69) is 39.2 Å². The molecule has 4 rings (SSSR count). The van der Waals surface area contributed by atoms with E-state index in [1.165, 1.54) is 12.1 Å². The van der Waals surface area contributed by atoms with E-state index >= 15 is 0 Å². The topological polar surface area (TPSA) is 116 Å². The number of fused-ring (bicyclic) bond motifs is 1. The van der Waals surface area contributed by atoms with E-state index in [-0.39, 0.29) is 23.5 Å². The van der Waals surface area contributed by atoms with Crippen molar-refractivity contribution in [2.45, 2.75) is 39.0 Å². The van der Waals surface area contributed by atoms with Gasteiger partial charge in [0.15, 0.2) is 0 Å². The largest absolute Gasteiger partial charge is 0.573 e. The summed E-state index contributed by atoms with van der Waals surface area (Å²) in [6, 6.07) is 4.55. The van der Waals surface area contributed by atoms with Crippen molar-refractivity contribution in [3.8, 4) is 5.75 Å². The first kappa shape index (κ1) is 23.6. The number of ether oxygens (including phenoxy) is 1. The van der Waals surface area contributed by atoms with Gasteiger partial charge in [-0.05, 0) is 42.5 Å². The third-order valence-electron chi connectivity index (χ3n) is 5.78. The number of carbonyl (C=O) groups is 2. The summed E-state index contributed by atoms with van der Waals surface area (Å²) in [5, 5.41) is 5.11. The molecule has 1 fully saturated rings. The highest BCUT2D eigenvalue weighted by Crippen LogP contribution is 2.32. The average molecular weight is 479 g/mol. The number of aromatic nitrogens is 2. The number of alkyl halides is 3. The molecule has 1 aromatic carbocycles. The van der Waals surface area contributed by atoms with Crippen molar-refractivity contribution in [1.29, 1.82) is 0 Å². The number of H-pyrrole nitrogens is 1. The maximum absolute atomic E-state index is 13.0. The lowest BCUT2D eigenvalue weighted by Crippen LogP contribution is -2.42. The number of nitrogens with one attached hydrogen (secondary N) is 3. The van der Waals surface area contributed by atoms with Crippen LogP contribution in [0.25, 0.3) is 0 Å². The fourth-order valence-electron chi connectivity index (χ4n) is 4.54. The monoisotopic (exact) mass is 479 g/mol. The zero-order chi connectivity index (χ0) is 24.6. The van der Waals surface area contributed by atoms with Crippen LogP contribution in [-0.4, -0.2) is 41.2 Å². The Morgan fingerprint density at radius 1 is 1.15 bits per heavy atom. The number of carbonyl (C=O) groups excluding carboxylic acids is 2. The molecule has 1 saturated heterocycles. The predicted molar refractivity (Wildman–Crippen MR) is 118 cm³/mol. The Kier molecular flexibility index (Phi) is 6.24. The lowest BCUT2D eigenvalue weighted by atomic mass is 9.91. The second-order valence-electron chi connectivity index (χ2n) is 8.87. The number of nitrogens with zero attached hydrogens (tertiary/aromatic N) is 2. The lowest BCUT2D eigenvalue weighted by Gasteiger charge is -2.35. The molecule has 0 saturated carbocycles. The predicted octanol–water partition coefficient (Wildman–Crippen LogP) is 3.22. The Morgan fingerprint density at radius 2 is 1.79 bits per heavy atom. The van der Waals surface area contributed by atoms with Crippen LogP contribution < -0.4 is 25.8 Å². The van der Waals surface area contributed by atoms with Crippen LogP contribution in [0, 0.1) is 11.8 Å². The molecule has 9 nitrogen and oxygen atoms in total. The summed E-state index contributed by atoms with van der Waals surface area (Å²) < 4.78 is 40.8. The molecule has 3 heterocycles. The van der Waals surface area contributed by atoms with E-state index in [1.807, 2.05) is 4.90 Å². The molecule has 12 heteroatoms. The maximum atomic E-state index is 13.0. The van der Waals surface area contributed by atoms with Crippen LogP contribution >= 0.6 is 0 Å². The SMILES string of the molecule is CC1CC(C)CN(c2nc3c(c(=O)[nH]2)C(C(=O)Nc2ccc(OC(F)(F)F)cc2)CC(=O)N3)C1. The molecule has 1 aromatic heterocycles. The van der Waals surface area contributed by atoms with Gasteiger partial charge in [-0.2, -0.15) is 4.98 Å². The number of rotatable bonds is 4. The van der Waals surface area contributed by atoms with E-state index < -0.39 is 35.4 Å². The van der Waals surface area contributed by atoms with Gasteiger partial charge in [0, 0.05) is 25.2 Å². The lowest BCUT2D eigenvalue weighted by molar-refractivity contribution is -0.274. The minimum absolute atomic E-state index is 0.0370. The van der Waals surface area contributed by atoms with E-state index in [1.54, 1.807) is 0 Å². The molecule has 3 atom stereocenters. The van der Waals surface area contributed by atoms with Crippen LogP contribution in [0.5, 0.6) is 5.75 Å². The van der Waals surface area contributed by atoms with Crippen LogP contribution in [0.1, 0.15) is 38.2 Å². The molecule has 2 aliphatic heterocycles. The smallest absolute Gasteiger partial charge is 0.406 e. The van der Waals surface area contributed by atoms with Crippen molar-refractivity contribution in [3.63, 3.8) is 0 Å². The average Bonchev–Trinajstić information content (AvgIpc) is 2.72. The molecule has 34 heavy (non-hydrogen) atoms. The van der Waals surface area contributed by atoms with Crippen LogP contribution in [0.15, 0.2) is 29.1 Å². The Hall–Kier alpha value is -3.57. The van der Waals surface area contributed by atoms with Crippen LogP contribution in [0.2, 0.25) is 0 Å². The quantitative estimate of drug-likeness (QED) is 0.620. The zero-order valence-corrected chi connectivity index (χ0v) is 18.5. The molecule has 2 aromatic rings. The number of hydrogen-bond acceptors (Lipinski definition) is 6. The molecule has 0 bridgehead atoms. The van der Waals surface area contributed by atoms with Gasteiger partial charge in [0.1, 0.15) is 11.6 Å². The molecule has 3 N–H and O–H groups in total. The van der Waals surface area contributed by atoms with Gasteiger partial charge in [-0.3, -0.25) is 19.4 Å². The minimum atomic E-state index is -4.83. The van der Waals surface area contributed by atoms with Gasteiger partial charge >= 0.3 is 6.36 Å². The summed E-state index contributed by atoms with van der Waals surface area (Å²) in [6.07, 6.45) is -4.04. The highest BCUT2D eigenvalue weighted by atomic mass is 19.4. The number of benzene rings is 1. The third kappa shape index (κ3) is 5.32. The van der Waals surface area contributed by atoms with Crippen molar-refractivity contribution in [1.82, 2.24) is 9.97 Å². The molecular weight excluding hydrogens is 455 g/mol. The molecule has 2 aliphatic rings. The zero-order valence-electron chi connectivity index (χ0n) is 18.5. The van der Waals surface area contributed by atoms with E-state index in [4.69, 9.17) is 0 Å². The van der Waals surface area contributed by atoms with Gasteiger partial charge in [0.05, 0.1) is 11.5 Å². The van der Waals surface area contributed by atoms with Crippen molar-refractivity contribution in [2.75, 3.05) is 28.6 Å². The summed E-state index contributed by atoms with van der Waals surface area (Å²) in [4.78, 5) is 47.3. The van der Waals surface area contributed by atoms with Crippen LogP contribution in [0.3, 0.4) is 0 Å². The van der Waals surface area contributed by atoms with Gasteiger partial charge in [-0.1, -0.05) is 13.8 Å². The molecular formula is C22H24F3N5O4. The van der Waals surface area contributed by atoms with E-state index in [0.29, 0.717) is 30.9 Å². The molecule has 0 spiro atoms. The normalized spacial score (nSPS) is 22.6. The number of anilines is 3. The van der Waals surface area contributed by atoms with Crippen LogP contribution in [0.4, 0.5) is 30.6 Å². The van der Waals surface area contributed by atoms with E-state index in [0.717, 1.165) is 18.6 Å². The molecule has 182 valence electrons. The standard InChI is InChI=1S/C22H24F3N5O4/c1-11-7-12(2)10-30(9-11)21-28-18-17(20(33)29-21)15(8-16(31)27-18)19(32)26-13-3-5-14(6-4-13)34-22(23,24)25/h3-6,11-12,15H,7-10H2,1-2H3,(H,26,32)(H2,27,28,29,31,33). The van der Waals surface area contributed by atoms with Crippen molar-refractivity contribution < 1.29 is 27.5 Å². The Bertz CT molecular complexity index is 1140. The maximum Gasteiger partial charge on any atom is 0.573 e. The number of aromatic amines is 1. The first-order valence-electron chi connectivity index (χ1n) is 10.8.